The quantitative estimate of drug-likeness (QED) is 0.477. The third-order valence-electron chi connectivity index (χ3n) is 6.31. The molecular formula is C23H42N4O4S. The molecule has 0 radical (unpaired) electrons. The number of alkyl carbamates (subject to hydrolysis) is 1. The lowest BCUT2D eigenvalue weighted by molar-refractivity contribution is -0.140. The molecule has 8 nitrogen and oxygen atoms in total. The number of carbonyl (C=O) groups excluding carboxylic acids is 3. The van der Waals surface area contributed by atoms with Gasteiger partial charge in [-0.15, -0.1) is 0 Å². The lowest BCUT2D eigenvalue weighted by Gasteiger charge is -2.38. The van der Waals surface area contributed by atoms with Gasteiger partial charge in [0.1, 0.15) is 12.1 Å². The first-order chi connectivity index (χ1) is 15.0. The summed E-state index contributed by atoms with van der Waals surface area (Å²) >= 11 is 1.62. The smallest absolute Gasteiger partial charge is 0.407 e. The Hall–Kier alpha value is -1.48. The predicted octanol–water partition coefficient (Wildman–Crippen LogP) is 2.65. The molecule has 3 amide bonds. The van der Waals surface area contributed by atoms with Crippen molar-refractivity contribution < 1.29 is 19.1 Å². The molecule has 1 saturated heterocycles. The van der Waals surface area contributed by atoms with E-state index >= 15 is 0 Å². The maximum absolute atomic E-state index is 13.6. The molecule has 0 aromatic rings. The van der Waals surface area contributed by atoms with Crippen molar-refractivity contribution in [2.75, 3.05) is 19.7 Å². The van der Waals surface area contributed by atoms with E-state index in [4.69, 9.17) is 10.5 Å². The van der Waals surface area contributed by atoms with Gasteiger partial charge in [0.2, 0.25) is 11.8 Å². The van der Waals surface area contributed by atoms with Gasteiger partial charge in [-0.2, -0.15) is 11.8 Å². The minimum atomic E-state index is -0.790. The molecule has 9 heteroatoms. The largest absolute Gasteiger partial charge is 0.450 e. The van der Waals surface area contributed by atoms with Crippen molar-refractivity contribution in [1.29, 1.82) is 0 Å². The average Bonchev–Trinajstić information content (AvgIpc) is 3.20. The van der Waals surface area contributed by atoms with Crippen LogP contribution in [0.25, 0.3) is 0 Å². The van der Waals surface area contributed by atoms with E-state index in [2.05, 4.69) is 24.5 Å². The van der Waals surface area contributed by atoms with Crippen LogP contribution in [0.1, 0.15) is 73.1 Å². The highest BCUT2D eigenvalue weighted by atomic mass is 32.2. The zero-order chi connectivity index (χ0) is 23.9. The number of likely N-dealkylation sites (tertiary alicyclic amines) is 1. The van der Waals surface area contributed by atoms with Crippen LogP contribution in [-0.2, 0) is 14.3 Å². The summed E-state index contributed by atoms with van der Waals surface area (Å²) in [5.41, 5.74) is 5.98. The van der Waals surface area contributed by atoms with Crippen molar-refractivity contribution in [2.24, 2.45) is 11.7 Å². The highest BCUT2D eigenvalue weighted by Gasteiger charge is 2.44. The summed E-state index contributed by atoms with van der Waals surface area (Å²) < 4.78 is 4.49. The molecule has 0 aromatic carbocycles. The first-order valence-electron chi connectivity index (χ1n) is 12.0. The number of thioether (sulfide) groups is 1. The number of hydrogen-bond donors (Lipinski definition) is 3. The molecule has 0 unspecified atom stereocenters. The number of nitrogens with two attached hydrogens (primary N) is 1. The number of amides is 3. The standard InChI is InChI=1S/C23H42N4O4S/c1-6-31-22(30)26-19(23(4,5)32-15(2)3)21(29)27-13-7-8-18(27)20(28)25-14-16-9-11-17(24)12-10-16/h15-19H,6-14,24H2,1-5H3,(H,25,28)(H,26,30)/t16?,17?,18-,19-/m0/s1. The number of hydrogen-bond acceptors (Lipinski definition) is 6. The number of nitrogens with zero attached hydrogens (tertiary/aromatic N) is 1. The highest BCUT2D eigenvalue weighted by Crippen LogP contribution is 2.34. The van der Waals surface area contributed by atoms with Crippen molar-refractivity contribution >= 4 is 29.7 Å². The maximum atomic E-state index is 13.6. The van der Waals surface area contributed by atoms with Gasteiger partial charge in [-0.3, -0.25) is 9.59 Å². The maximum Gasteiger partial charge on any atom is 0.407 e. The van der Waals surface area contributed by atoms with Crippen LogP contribution in [0.15, 0.2) is 0 Å². The molecule has 2 atom stereocenters. The molecule has 1 heterocycles. The van der Waals surface area contributed by atoms with Crippen molar-refractivity contribution in [2.45, 2.75) is 101 Å². The molecule has 184 valence electrons. The number of carbonyl (C=O) groups is 3. The van der Waals surface area contributed by atoms with Crippen LogP contribution >= 0.6 is 11.8 Å². The van der Waals surface area contributed by atoms with Gasteiger partial charge in [0.15, 0.2) is 0 Å². The van der Waals surface area contributed by atoms with Crippen molar-refractivity contribution in [3.8, 4) is 0 Å². The van der Waals surface area contributed by atoms with Gasteiger partial charge in [-0.25, -0.2) is 4.79 Å². The summed E-state index contributed by atoms with van der Waals surface area (Å²) in [7, 11) is 0. The van der Waals surface area contributed by atoms with Crippen LogP contribution < -0.4 is 16.4 Å². The van der Waals surface area contributed by atoms with E-state index in [9.17, 15) is 14.4 Å². The molecule has 0 bridgehead atoms. The summed E-state index contributed by atoms with van der Waals surface area (Å²) in [6.07, 6.45) is 4.85. The molecule has 2 aliphatic rings. The Morgan fingerprint density at radius 2 is 1.81 bits per heavy atom. The molecule has 0 spiro atoms. The fraction of sp³-hybridized carbons (Fsp3) is 0.870. The summed E-state index contributed by atoms with van der Waals surface area (Å²) in [6, 6.07) is -1.01. The van der Waals surface area contributed by atoms with Crippen LogP contribution in [0.3, 0.4) is 0 Å². The van der Waals surface area contributed by atoms with E-state index < -0.39 is 22.9 Å². The molecule has 4 N–H and O–H groups in total. The zero-order valence-corrected chi connectivity index (χ0v) is 21.1. The Kier molecular flexibility index (Phi) is 10.1. The first kappa shape index (κ1) is 26.8. The van der Waals surface area contributed by atoms with Crippen LogP contribution in [0.2, 0.25) is 0 Å². The Balaban J connectivity index is 2.07. The molecule has 1 aliphatic heterocycles. The van der Waals surface area contributed by atoms with Crippen LogP contribution in [0.5, 0.6) is 0 Å². The molecule has 32 heavy (non-hydrogen) atoms. The van der Waals surface area contributed by atoms with E-state index in [1.54, 1.807) is 23.6 Å². The topological polar surface area (TPSA) is 114 Å². The predicted molar refractivity (Wildman–Crippen MR) is 128 cm³/mol. The first-order valence-corrected chi connectivity index (χ1v) is 12.9. The van der Waals surface area contributed by atoms with Crippen LogP contribution in [0.4, 0.5) is 4.79 Å². The second kappa shape index (κ2) is 12.1. The molecule has 2 fully saturated rings. The zero-order valence-electron chi connectivity index (χ0n) is 20.3. The second-order valence-corrected chi connectivity index (χ2v) is 12.0. The lowest BCUT2D eigenvalue weighted by atomic mass is 9.86. The van der Waals surface area contributed by atoms with Crippen molar-refractivity contribution in [3.63, 3.8) is 0 Å². The van der Waals surface area contributed by atoms with Gasteiger partial charge in [0.25, 0.3) is 0 Å². The molecule has 0 aromatic heterocycles. The fourth-order valence-electron chi connectivity index (χ4n) is 4.72. The van der Waals surface area contributed by atoms with Crippen molar-refractivity contribution in [3.05, 3.63) is 0 Å². The third-order valence-corrected chi connectivity index (χ3v) is 7.63. The number of nitrogens with one attached hydrogen (secondary N) is 2. The van der Waals surface area contributed by atoms with E-state index in [1.807, 2.05) is 13.8 Å². The van der Waals surface area contributed by atoms with E-state index in [0.717, 1.165) is 32.1 Å². The molecule has 2 rings (SSSR count). The molecule has 1 saturated carbocycles. The number of rotatable bonds is 9. The van der Waals surface area contributed by atoms with Gasteiger partial charge in [0.05, 0.1) is 6.61 Å². The van der Waals surface area contributed by atoms with E-state index in [1.165, 1.54) is 0 Å². The van der Waals surface area contributed by atoms with Crippen molar-refractivity contribution in [1.82, 2.24) is 15.5 Å². The Labute approximate surface area is 197 Å². The van der Waals surface area contributed by atoms with Gasteiger partial charge in [-0.1, -0.05) is 13.8 Å². The lowest BCUT2D eigenvalue weighted by Crippen LogP contribution is -2.60. The fourth-order valence-corrected chi connectivity index (χ4v) is 6.23. The Bertz CT molecular complexity index is 650. The minimum Gasteiger partial charge on any atom is -0.450 e. The minimum absolute atomic E-state index is 0.102. The molecular weight excluding hydrogens is 428 g/mol. The van der Waals surface area contributed by atoms with Gasteiger partial charge in [0, 0.05) is 23.9 Å². The SMILES string of the molecule is CCOC(=O)N[C@@H](C(=O)N1CCC[C@H]1C(=O)NCC1CCC(N)CC1)C(C)(C)SC(C)C. The average molecular weight is 471 g/mol. The highest BCUT2D eigenvalue weighted by molar-refractivity contribution is 8.01. The monoisotopic (exact) mass is 470 g/mol. The normalized spacial score (nSPS) is 24.8. The Morgan fingerprint density at radius 1 is 1.16 bits per heavy atom. The molecule has 1 aliphatic carbocycles. The number of ether oxygens (including phenoxy) is 1. The summed E-state index contributed by atoms with van der Waals surface area (Å²) in [5.74, 6) is 0.122. The van der Waals surface area contributed by atoms with E-state index in [0.29, 0.717) is 25.4 Å². The Morgan fingerprint density at radius 3 is 2.41 bits per heavy atom. The van der Waals surface area contributed by atoms with Gasteiger partial charge in [-0.05, 0) is 70.5 Å². The van der Waals surface area contributed by atoms with Gasteiger partial charge < -0.3 is 26.0 Å². The van der Waals surface area contributed by atoms with Crippen LogP contribution in [-0.4, -0.2) is 70.6 Å². The summed E-state index contributed by atoms with van der Waals surface area (Å²) in [4.78, 5) is 40.5. The van der Waals surface area contributed by atoms with Crippen LogP contribution in [0, 0.1) is 5.92 Å². The summed E-state index contributed by atoms with van der Waals surface area (Å²) in [6.45, 7) is 11.1. The summed E-state index contributed by atoms with van der Waals surface area (Å²) in [5, 5.41) is 6.11. The second-order valence-electron chi connectivity index (χ2n) is 9.78. The van der Waals surface area contributed by atoms with Gasteiger partial charge >= 0.3 is 6.09 Å². The van der Waals surface area contributed by atoms with E-state index in [-0.39, 0.29) is 29.7 Å². The third kappa shape index (κ3) is 7.54.